The largest absolute Gasteiger partial charge is 0.508 e. The van der Waals surface area contributed by atoms with Crippen molar-refractivity contribution >= 4 is 5.91 Å². The highest BCUT2D eigenvalue weighted by atomic mass is 16.3. The van der Waals surface area contributed by atoms with Crippen LogP contribution in [0.2, 0.25) is 0 Å². The quantitative estimate of drug-likeness (QED) is 0.753. The first-order valence-corrected chi connectivity index (χ1v) is 5.91. The summed E-state index contributed by atoms with van der Waals surface area (Å²) in [6.07, 6.45) is 4.60. The Morgan fingerprint density at radius 2 is 2.11 bits per heavy atom. The number of aromatic nitrogens is 1. The first-order valence-electron chi connectivity index (χ1n) is 5.91. The number of carbonyl (C=O) groups is 1. The Morgan fingerprint density at radius 1 is 1.28 bits per heavy atom. The molecule has 2 aromatic rings. The fourth-order valence-corrected chi connectivity index (χ4v) is 1.73. The lowest BCUT2D eigenvalue weighted by atomic mass is 10.1. The second kappa shape index (κ2) is 5.91. The minimum Gasteiger partial charge on any atom is -0.508 e. The number of rotatable bonds is 5. The Balaban J connectivity index is 1.77. The number of aromatic hydroxyl groups is 1. The second-order valence-corrected chi connectivity index (χ2v) is 4.12. The van der Waals surface area contributed by atoms with Crippen LogP contribution >= 0.6 is 0 Å². The molecule has 0 aliphatic heterocycles. The van der Waals surface area contributed by atoms with E-state index in [1.54, 1.807) is 12.1 Å². The zero-order chi connectivity index (χ0) is 12.8. The molecule has 0 atom stereocenters. The zero-order valence-corrected chi connectivity index (χ0v) is 10.0. The van der Waals surface area contributed by atoms with Crippen molar-refractivity contribution in [1.82, 2.24) is 10.3 Å². The van der Waals surface area contributed by atoms with Crippen molar-refractivity contribution in [3.05, 3.63) is 53.9 Å². The number of para-hydroxylation sites is 1. The molecular weight excluding hydrogens is 228 g/mol. The molecule has 3 N–H and O–H groups in total. The van der Waals surface area contributed by atoms with Crippen molar-refractivity contribution < 1.29 is 9.90 Å². The van der Waals surface area contributed by atoms with Gasteiger partial charge in [-0.1, -0.05) is 18.2 Å². The van der Waals surface area contributed by atoms with Crippen molar-refractivity contribution in [1.29, 1.82) is 0 Å². The molecule has 1 amide bonds. The summed E-state index contributed by atoms with van der Waals surface area (Å²) >= 11 is 0. The predicted octanol–water partition coefficient (Wildman–Crippen LogP) is 1.97. The van der Waals surface area contributed by atoms with Crippen LogP contribution in [0.4, 0.5) is 0 Å². The highest BCUT2D eigenvalue weighted by Gasteiger charge is 2.05. The van der Waals surface area contributed by atoms with Gasteiger partial charge in [-0.25, -0.2) is 0 Å². The molecule has 0 fully saturated rings. The summed E-state index contributed by atoms with van der Waals surface area (Å²) in [7, 11) is 0. The van der Waals surface area contributed by atoms with Gasteiger partial charge in [-0.3, -0.25) is 4.79 Å². The molecule has 1 heterocycles. The molecule has 4 heteroatoms. The summed E-state index contributed by atoms with van der Waals surface area (Å²) in [5, 5.41) is 12.4. The van der Waals surface area contributed by atoms with Gasteiger partial charge in [0.2, 0.25) is 5.91 Å². The topological polar surface area (TPSA) is 65.1 Å². The lowest BCUT2D eigenvalue weighted by Gasteiger charge is -2.05. The first kappa shape index (κ1) is 12.2. The van der Waals surface area contributed by atoms with E-state index in [2.05, 4.69) is 10.3 Å². The number of carbonyl (C=O) groups excluding carboxylic acids is 1. The van der Waals surface area contributed by atoms with Crippen LogP contribution in [0.1, 0.15) is 17.5 Å². The van der Waals surface area contributed by atoms with Gasteiger partial charge >= 0.3 is 0 Å². The van der Waals surface area contributed by atoms with Crippen LogP contribution < -0.4 is 5.32 Å². The van der Waals surface area contributed by atoms with Crippen molar-refractivity contribution in [3.8, 4) is 5.75 Å². The minimum atomic E-state index is -0.0144. The fraction of sp³-hybridized carbons (Fsp3) is 0.214. The average Bonchev–Trinajstić information content (AvgIpc) is 2.88. The molecule has 0 aliphatic rings. The van der Waals surface area contributed by atoms with Gasteiger partial charge in [0.15, 0.2) is 0 Å². The number of phenolic OH excluding ortho intramolecular Hbond substituents is 1. The number of hydrogen-bond donors (Lipinski definition) is 3. The molecule has 0 saturated heterocycles. The Labute approximate surface area is 106 Å². The molecule has 0 unspecified atom stereocenters. The van der Waals surface area contributed by atoms with Gasteiger partial charge < -0.3 is 15.4 Å². The molecule has 18 heavy (non-hydrogen) atoms. The third-order valence-corrected chi connectivity index (χ3v) is 2.77. The molecule has 0 spiro atoms. The van der Waals surface area contributed by atoms with Crippen molar-refractivity contribution in [2.45, 2.75) is 19.4 Å². The number of benzene rings is 1. The third-order valence-electron chi connectivity index (χ3n) is 2.77. The van der Waals surface area contributed by atoms with E-state index in [1.807, 2.05) is 30.6 Å². The maximum Gasteiger partial charge on any atom is 0.220 e. The van der Waals surface area contributed by atoms with E-state index in [1.165, 1.54) is 0 Å². The first-order chi connectivity index (χ1) is 8.75. The maximum absolute atomic E-state index is 11.6. The Bertz CT molecular complexity index is 506. The predicted molar refractivity (Wildman–Crippen MR) is 69.1 cm³/mol. The van der Waals surface area contributed by atoms with Gasteiger partial charge in [-0.15, -0.1) is 0 Å². The van der Waals surface area contributed by atoms with Crippen molar-refractivity contribution in [3.63, 3.8) is 0 Å². The molecule has 2 rings (SSSR count). The third kappa shape index (κ3) is 3.38. The smallest absolute Gasteiger partial charge is 0.220 e. The molecular formula is C14H16N2O2. The van der Waals surface area contributed by atoms with E-state index in [9.17, 15) is 9.90 Å². The SMILES string of the molecule is O=C(CCc1ccccc1O)NCc1cc[nH]c1. The van der Waals surface area contributed by atoms with Gasteiger partial charge in [0, 0.05) is 25.4 Å². The van der Waals surface area contributed by atoms with Crippen LogP contribution in [0.3, 0.4) is 0 Å². The number of nitrogens with one attached hydrogen (secondary N) is 2. The number of amides is 1. The second-order valence-electron chi connectivity index (χ2n) is 4.12. The van der Waals surface area contributed by atoms with Crippen LogP contribution in [0.5, 0.6) is 5.75 Å². The zero-order valence-electron chi connectivity index (χ0n) is 10.0. The average molecular weight is 244 g/mol. The van der Waals surface area contributed by atoms with Gasteiger partial charge in [-0.2, -0.15) is 0 Å². The molecule has 0 radical (unpaired) electrons. The van der Waals surface area contributed by atoms with Crippen LogP contribution in [0.25, 0.3) is 0 Å². The summed E-state index contributed by atoms with van der Waals surface area (Å²) in [6, 6.07) is 9.00. The number of aryl methyl sites for hydroxylation is 1. The van der Waals surface area contributed by atoms with Crippen molar-refractivity contribution in [2.75, 3.05) is 0 Å². The van der Waals surface area contributed by atoms with Gasteiger partial charge in [0.05, 0.1) is 0 Å². The highest BCUT2D eigenvalue weighted by Crippen LogP contribution is 2.16. The molecule has 4 nitrogen and oxygen atoms in total. The number of aromatic amines is 1. The van der Waals surface area contributed by atoms with E-state index in [-0.39, 0.29) is 11.7 Å². The molecule has 94 valence electrons. The number of phenols is 1. The van der Waals surface area contributed by atoms with Gasteiger partial charge in [0.25, 0.3) is 0 Å². The summed E-state index contributed by atoms with van der Waals surface area (Å²) < 4.78 is 0. The summed E-state index contributed by atoms with van der Waals surface area (Å²) in [4.78, 5) is 14.6. The highest BCUT2D eigenvalue weighted by molar-refractivity contribution is 5.76. The molecule has 0 aliphatic carbocycles. The van der Waals surface area contributed by atoms with Crippen LogP contribution in [0.15, 0.2) is 42.7 Å². The van der Waals surface area contributed by atoms with Gasteiger partial charge in [0.1, 0.15) is 5.75 Å². The van der Waals surface area contributed by atoms with Gasteiger partial charge in [-0.05, 0) is 29.7 Å². The molecule has 1 aromatic carbocycles. The van der Waals surface area contributed by atoms with E-state index in [4.69, 9.17) is 0 Å². The van der Waals surface area contributed by atoms with Crippen LogP contribution in [-0.4, -0.2) is 16.0 Å². The normalized spacial score (nSPS) is 10.2. The Kier molecular flexibility index (Phi) is 4.02. The Morgan fingerprint density at radius 3 is 2.83 bits per heavy atom. The molecule has 1 aromatic heterocycles. The number of H-pyrrole nitrogens is 1. The standard InChI is InChI=1S/C14H16N2O2/c17-13-4-2-1-3-12(13)5-6-14(18)16-10-11-7-8-15-9-11/h1-4,7-9,15,17H,5-6,10H2,(H,16,18). The molecule has 0 bridgehead atoms. The maximum atomic E-state index is 11.6. The Hall–Kier alpha value is -2.23. The van der Waals surface area contributed by atoms with Crippen molar-refractivity contribution in [2.24, 2.45) is 0 Å². The summed E-state index contributed by atoms with van der Waals surface area (Å²) in [5.74, 6) is 0.232. The van der Waals surface area contributed by atoms with E-state index >= 15 is 0 Å². The fourth-order valence-electron chi connectivity index (χ4n) is 1.73. The van der Waals surface area contributed by atoms with E-state index in [0.717, 1.165) is 11.1 Å². The molecule has 0 saturated carbocycles. The summed E-state index contributed by atoms with van der Waals surface area (Å²) in [6.45, 7) is 0.531. The van der Waals surface area contributed by atoms with Crippen LogP contribution in [0, 0.1) is 0 Å². The number of hydrogen-bond acceptors (Lipinski definition) is 2. The monoisotopic (exact) mass is 244 g/mol. The lowest BCUT2D eigenvalue weighted by Crippen LogP contribution is -2.22. The minimum absolute atomic E-state index is 0.0144. The van der Waals surface area contributed by atoms with E-state index in [0.29, 0.717) is 19.4 Å². The van der Waals surface area contributed by atoms with Crippen LogP contribution in [-0.2, 0) is 17.8 Å². The lowest BCUT2D eigenvalue weighted by molar-refractivity contribution is -0.121. The summed E-state index contributed by atoms with van der Waals surface area (Å²) in [5.41, 5.74) is 1.85. The van der Waals surface area contributed by atoms with E-state index < -0.39 is 0 Å².